The zero-order chi connectivity index (χ0) is 14.7. The van der Waals surface area contributed by atoms with Gasteiger partial charge in [-0.2, -0.15) is 0 Å². The molecule has 0 unspecified atom stereocenters. The van der Waals surface area contributed by atoms with Crippen LogP contribution in [-0.4, -0.2) is 16.2 Å². The molecule has 1 heterocycles. The summed E-state index contributed by atoms with van der Waals surface area (Å²) in [5.74, 6) is 1.66. The highest BCUT2D eigenvalue weighted by Crippen LogP contribution is 2.37. The van der Waals surface area contributed by atoms with Gasteiger partial charge in [0.1, 0.15) is 5.75 Å². The average molecular weight is 284 g/mol. The molecule has 1 aliphatic rings. The monoisotopic (exact) mass is 284 g/mol. The molecular weight excluding hydrogens is 264 g/mol. The van der Waals surface area contributed by atoms with E-state index in [0.29, 0.717) is 17.5 Å². The van der Waals surface area contributed by atoms with Crippen LogP contribution in [0.4, 0.5) is 5.69 Å². The topological polar surface area (TPSA) is 68.4 Å². The van der Waals surface area contributed by atoms with Gasteiger partial charge in [0.05, 0.1) is 6.10 Å². The van der Waals surface area contributed by atoms with E-state index in [0.717, 1.165) is 37.0 Å². The molecule has 2 atom stereocenters. The average Bonchev–Trinajstić information content (AvgIpc) is 2.50. The zero-order valence-electron chi connectivity index (χ0n) is 11.9. The lowest BCUT2D eigenvalue weighted by atomic mass is 9.83. The van der Waals surface area contributed by atoms with Gasteiger partial charge >= 0.3 is 0 Å². The second-order valence-corrected chi connectivity index (χ2v) is 5.59. The number of rotatable bonds is 3. The van der Waals surface area contributed by atoms with Crippen LogP contribution in [0.2, 0.25) is 0 Å². The number of anilines is 1. The van der Waals surface area contributed by atoms with Crippen molar-refractivity contribution in [3.05, 3.63) is 48.2 Å². The molecule has 1 fully saturated rings. The highest BCUT2D eigenvalue weighted by atomic mass is 16.5. The molecule has 0 bridgehead atoms. The molecule has 1 aromatic carbocycles. The van der Waals surface area contributed by atoms with Gasteiger partial charge < -0.3 is 15.6 Å². The van der Waals surface area contributed by atoms with E-state index in [1.807, 2.05) is 36.4 Å². The first-order chi connectivity index (χ1) is 10.2. The van der Waals surface area contributed by atoms with Gasteiger partial charge in [0.2, 0.25) is 5.88 Å². The normalized spacial score (nSPS) is 22.0. The minimum absolute atomic E-state index is 0.215. The van der Waals surface area contributed by atoms with E-state index in [-0.39, 0.29) is 6.10 Å². The lowest BCUT2D eigenvalue weighted by Gasteiger charge is -2.27. The summed E-state index contributed by atoms with van der Waals surface area (Å²) in [6.45, 7) is 0. The first-order valence-corrected chi connectivity index (χ1v) is 7.39. The number of benzene rings is 1. The Kier molecular flexibility index (Phi) is 4.06. The lowest BCUT2D eigenvalue weighted by Crippen LogP contribution is -2.18. The van der Waals surface area contributed by atoms with Gasteiger partial charge in [-0.3, -0.25) is 0 Å². The highest BCUT2D eigenvalue weighted by molar-refractivity contribution is 5.43. The van der Waals surface area contributed by atoms with Crippen LogP contribution in [0.25, 0.3) is 0 Å². The number of nitrogens with two attached hydrogens (primary N) is 1. The van der Waals surface area contributed by atoms with Gasteiger partial charge in [0.15, 0.2) is 0 Å². The summed E-state index contributed by atoms with van der Waals surface area (Å²) < 4.78 is 5.90. The molecule has 3 N–H and O–H groups in total. The first kappa shape index (κ1) is 13.9. The first-order valence-electron chi connectivity index (χ1n) is 7.39. The van der Waals surface area contributed by atoms with Gasteiger partial charge in [-0.05, 0) is 55.5 Å². The summed E-state index contributed by atoms with van der Waals surface area (Å²) in [6.07, 6.45) is 5.31. The van der Waals surface area contributed by atoms with Crippen LogP contribution in [-0.2, 0) is 0 Å². The van der Waals surface area contributed by atoms with Crippen LogP contribution in [0.15, 0.2) is 42.6 Å². The molecule has 1 saturated carbocycles. The van der Waals surface area contributed by atoms with Crippen LogP contribution in [0, 0.1) is 0 Å². The fourth-order valence-electron chi connectivity index (χ4n) is 2.89. The van der Waals surface area contributed by atoms with Crippen LogP contribution in [0.1, 0.15) is 37.2 Å². The van der Waals surface area contributed by atoms with Crippen molar-refractivity contribution in [1.29, 1.82) is 0 Å². The summed E-state index contributed by atoms with van der Waals surface area (Å²) in [5, 5.41) is 9.88. The SMILES string of the molecule is Nc1ccc(Oc2ncccc2[C@@H]2CCC[C@H](O)C2)cc1. The van der Waals surface area contributed by atoms with Crippen molar-refractivity contribution in [1.82, 2.24) is 4.98 Å². The van der Waals surface area contributed by atoms with Crippen molar-refractivity contribution in [2.45, 2.75) is 37.7 Å². The van der Waals surface area contributed by atoms with Crippen LogP contribution in [0.5, 0.6) is 11.6 Å². The van der Waals surface area contributed by atoms with Crippen LogP contribution < -0.4 is 10.5 Å². The smallest absolute Gasteiger partial charge is 0.222 e. The highest BCUT2D eigenvalue weighted by Gasteiger charge is 2.24. The molecule has 110 valence electrons. The quantitative estimate of drug-likeness (QED) is 0.847. The van der Waals surface area contributed by atoms with Crippen molar-refractivity contribution < 1.29 is 9.84 Å². The fraction of sp³-hybridized carbons (Fsp3) is 0.353. The second-order valence-electron chi connectivity index (χ2n) is 5.59. The summed E-state index contributed by atoms with van der Waals surface area (Å²) in [4.78, 5) is 4.36. The standard InChI is InChI=1S/C17H20N2O2/c18-13-6-8-15(9-7-13)21-17-16(5-2-10-19-17)12-3-1-4-14(20)11-12/h2,5-10,12,14,20H,1,3-4,11,18H2/t12-,14+/m1/s1. The number of aromatic nitrogens is 1. The molecule has 1 aromatic heterocycles. The van der Waals surface area contributed by atoms with Gasteiger partial charge in [-0.1, -0.05) is 12.5 Å². The Hall–Kier alpha value is -2.07. The van der Waals surface area contributed by atoms with Crippen LogP contribution in [0.3, 0.4) is 0 Å². The van der Waals surface area contributed by atoms with E-state index in [1.165, 1.54) is 0 Å². The van der Waals surface area contributed by atoms with Gasteiger partial charge in [0, 0.05) is 17.4 Å². The largest absolute Gasteiger partial charge is 0.439 e. The molecule has 4 heteroatoms. The summed E-state index contributed by atoms with van der Waals surface area (Å²) >= 11 is 0. The molecule has 3 rings (SSSR count). The van der Waals surface area contributed by atoms with E-state index < -0.39 is 0 Å². The van der Waals surface area contributed by atoms with E-state index in [9.17, 15) is 5.11 Å². The third-order valence-corrected chi connectivity index (χ3v) is 3.98. The van der Waals surface area contributed by atoms with Crippen LogP contribution >= 0.6 is 0 Å². The van der Waals surface area contributed by atoms with Gasteiger partial charge in [0.25, 0.3) is 0 Å². The molecule has 4 nitrogen and oxygen atoms in total. The number of nitrogen functional groups attached to an aromatic ring is 1. The molecule has 2 aromatic rings. The summed E-state index contributed by atoms with van der Waals surface area (Å²) in [7, 11) is 0. The maximum Gasteiger partial charge on any atom is 0.222 e. The Balaban J connectivity index is 1.83. The molecule has 0 spiro atoms. The molecular formula is C17H20N2O2. The zero-order valence-corrected chi connectivity index (χ0v) is 11.9. The van der Waals surface area contributed by atoms with Crippen molar-refractivity contribution >= 4 is 5.69 Å². The minimum Gasteiger partial charge on any atom is -0.439 e. The Morgan fingerprint density at radius 1 is 1.14 bits per heavy atom. The van der Waals surface area contributed by atoms with Gasteiger partial charge in [-0.25, -0.2) is 4.98 Å². The molecule has 0 amide bonds. The lowest BCUT2D eigenvalue weighted by molar-refractivity contribution is 0.119. The number of aliphatic hydroxyl groups excluding tert-OH is 1. The fourth-order valence-corrected chi connectivity index (χ4v) is 2.89. The van der Waals surface area contributed by atoms with Crippen molar-refractivity contribution in [3.8, 4) is 11.6 Å². The van der Waals surface area contributed by atoms with E-state index in [1.54, 1.807) is 6.20 Å². The third kappa shape index (κ3) is 3.34. The third-order valence-electron chi connectivity index (χ3n) is 3.98. The maximum absolute atomic E-state index is 9.88. The molecule has 0 radical (unpaired) electrons. The van der Waals surface area contributed by atoms with Gasteiger partial charge in [-0.15, -0.1) is 0 Å². The Morgan fingerprint density at radius 2 is 1.95 bits per heavy atom. The number of ether oxygens (including phenoxy) is 1. The number of pyridine rings is 1. The van der Waals surface area contributed by atoms with Crippen molar-refractivity contribution in [3.63, 3.8) is 0 Å². The maximum atomic E-state index is 9.88. The number of nitrogens with zero attached hydrogens (tertiary/aromatic N) is 1. The summed E-state index contributed by atoms with van der Waals surface area (Å²) in [6, 6.07) is 11.3. The number of aliphatic hydroxyl groups is 1. The summed E-state index contributed by atoms with van der Waals surface area (Å²) in [5.41, 5.74) is 7.47. The number of hydrogen-bond acceptors (Lipinski definition) is 4. The van der Waals surface area contributed by atoms with E-state index in [2.05, 4.69) is 4.98 Å². The van der Waals surface area contributed by atoms with Crippen molar-refractivity contribution in [2.24, 2.45) is 0 Å². The molecule has 21 heavy (non-hydrogen) atoms. The Bertz CT molecular complexity index is 598. The molecule has 0 aliphatic heterocycles. The second kappa shape index (κ2) is 6.14. The Morgan fingerprint density at radius 3 is 2.71 bits per heavy atom. The van der Waals surface area contributed by atoms with E-state index in [4.69, 9.17) is 10.5 Å². The van der Waals surface area contributed by atoms with E-state index >= 15 is 0 Å². The van der Waals surface area contributed by atoms with Crippen molar-refractivity contribution in [2.75, 3.05) is 5.73 Å². The predicted molar refractivity (Wildman–Crippen MR) is 82.4 cm³/mol. The number of hydrogen-bond donors (Lipinski definition) is 2. The minimum atomic E-state index is -0.215. The predicted octanol–water partition coefficient (Wildman–Crippen LogP) is 3.47. The molecule has 0 saturated heterocycles. The molecule has 1 aliphatic carbocycles. The Labute approximate surface area is 124 Å².